The van der Waals surface area contributed by atoms with Crippen molar-refractivity contribution < 1.29 is 14.3 Å². The van der Waals surface area contributed by atoms with Crippen LogP contribution in [0.3, 0.4) is 0 Å². The average molecular weight is 311 g/mol. The first-order valence-electron chi connectivity index (χ1n) is 7.68. The third-order valence-corrected chi connectivity index (χ3v) is 3.56. The normalized spacial score (nSPS) is 11.6. The average Bonchev–Trinajstić information content (AvgIpc) is 2.55. The number of amides is 1. The van der Waals surface area contributed by atoms with E-state index in [0.29, 0.717) is 22.6 Å². The third-order valence-electron chi connectivity index (χ3n) is 3.56. The second kappa shape index (κ2) is 7.58. The van der Waals surface area contributed by atoms with Crippen molar-refractivity contribution in [1.29, 1.82) is 0 Å². The molecule has 2 aromatic carbocycles. The van der Waals surface area contributed by atoms with Crippen LogP contribution < -0.4 is 10.1 Å². The smallest absolute Gasteiger partial charge is 0.255 e. The Morgan fingerprint density at radius 2 is 1.78 bits per heavy atom. The van der Waals surface area contributed by atoms with Crippen LogP contribution in [0, 0.1) is 0 Å². The fourth-order valence-electron chi connectivity index (χ4n) is 2.02. The van der Waals surface area contributed by atoms with Crippen LogP contribution in [0.2, 0.25) is 0 Å². The van der Waals surface area contributed by atoms with Crippen LogP contribution in [-0.2, 0) is 0 Å². The van der Waals surface area contributed by atoms with Gasteiger partial charge in [-0.1, -0.05) is 13.0 Å². The van der Waals surface area contributed by atoms with E-state index in [2.05, 4.69) is 5.32 Å². The van der Waals surface area contributed by atoms with Gasteiger partial charge in [-0.2, -0.15) is 0 Å². The molecular weight excluding hydrogens is 290 g/mol. The number of ether oxygens (including phenoxy) is 1. The van der Waals surface area contributed by atoms with Gasteiger partial charge < -0.3 is 10.1 Å². The molecule has 0 bridgehead atoms. The molecule has 0 saturated heterocycles. The number of nitrogens with one attached hydrogen (secondary N) is 1. The van der Waals surface area contributed by atoms with Crippen LogP contribution in [0.5, 0.6) is 5.75 Å². The molecule has 2 aromatic rings. The zero-order chi connectivity index (χ0) is 16.8. The van der Waals surface area contributed by atoms with Crippen LogP contribution >= 0.6 is 0 Å². The minimum absolute atomic E-state index is 0.00206. The molecule has 0 heterocycles. The number of ketones is 1. The molecule has 0 aliphatic rings. The Bertz CT molecular complexity index is 692. The second-order valence-corrected chi connectivity index (χ2v) is 5.45. The molecule has 0 aromatic heterocycles. The zero-order valence-electron chi connectivity index (χ0n) is 13.6. The fraction of sp³-hybridized carbons (Fsp3) is 0.263. The number of hydrogen-bond acceptors (Lipinski definition) is 3. The number of rotatable bonds is 6. The molecule has 1 unspecified atom stereocenters. The highest BCUT2D eigenvalue weighted by Gasteiger charge is 2.09. The van der Waals surface area contributed by atoms with Gasteiger partial charge in [-0.15, -0.1) is 0 Å². The Morgan fingerprint density at radius 3 is 2.39 bits per heavy atom. The Balaban J connectivity index is 2.08. The number of carbonyl (C=O) groups excluding carboxylic acids is 2. The lowest BCUT2D eigenvalue weighted by molar-refractivity contribution is 0.101. The molecule has 0 radical (unpaired) electrons. The van der Waals surface area contributed by atoms with Crippen LogP contribution in [0.15, 0.2) is 48.5 Å². The molecule has 120 valence electrons. The van der Waals surface area contributed by atoms with Gasteiger partial charge in [0.1, 0.15) is 5.75 Å². The van der Waals surface area contributed by atoms with Crippen molar-refractivity contribution in [2.45, 2.75) is 33.3 Å². The predicted molar refractivity (Wildman–Crippen MR) is 91.2 cm³/mol. The number of Topliss-reactive ketones (excluding diaryl/α,β-unsaturated/α-hetero) is 1. The van der Waals surface area contributed by atoms with Crippen molar-refractivity contribution in [3.63, 3.8) is 0 Å². The Labute approximate surface area is 136 Å². The summed E-state index contributed by atoms with van der Waals surface area (Å²) in [6.07, 6.45) is 1.01. The van der Waals surface area contributed by atoms with Crippen LogP contribution in [0.1, 0.15) is 47.9 Å². The van der Waals surface area contributed by atoms with E-state index in [1.165, 1.54) is 6.92 Å². The predicted octanol–water partition coefficient (Wildman–Crippen LogP) is 4.32. The van der Waals surface area contributed by atoms with Gasteiger partial charge in [0.2, 0.25) is 0 Å². The highest BCUT2D eigenvalue weighted by Crippen LogP contribution is 2.17. The van der Waals surface area contributed by atoms with Crippen LogP contribution in [0.25, 0.3) is 0 Å². The SMILES string of the molecule is CCC(C)Oc1cccc(C(=O)Nc2ccc(C(C)=O)cc2)c1. The zero-order valence-corrected chi connectivity index (χ0v) is 13.6. The first-order valence-corrected chi connectivity index (χ1v) is 7.68. The molecule has 2 rings (SSSR count). The lowest BCUT2D eigenvalue weighted by Gasteiger charge is -2.13. The monoisotopic (exact) mass is 311 g/mol. The van der Waals surface area contributed by atoms with E-state index < -0.39 is 0 Å². The largest absolute Gasteiger partial charge is 0.491 e. The Hall–Kier alpha value is -2.62. The van der Waals surface area contributed by atoms with Crippen molar-refractivity contribution in [3.05, 3.63) is 59.7 Å². The highest BCUT2D eigenvalue weighted by molar-refractivity contribution is 6.04. The molecule has 1 amide bonds. The van der Waals surface area contributed by atoms with E-state index in [1.807, 2.05) is 19.9 Å². The molecular formula is C19H21NO3. The molecule has 23 heavy (non-hydrogen) atoms. The minimum Gasteiger partial charge on any atom is -0.491 e. The first kappa shape index (κ1) is 16.7. The minimum atomic E-state index is -0.213. The quantitative estimate of drug-likeness (QED) is 0.808. The summed E-state index contributed by atoms with van der Waals surface area (Å²) in [5, 5.41) is 2.81. The van der Waals surface area contributed by atoms with E-state index in [-0.39, 0.29) is 17.8 Å². The van der Waals surface area contributed by atoms with E-state index >= 15 is 0 Å². The molecule has 0 aliphatic heterocycles. The van der Waals surface area contributed by atoms with E-state index in [9.17, 15) is 9.59 Å². The molecule has 0 aliphatic carbocycles. The van der Waals surface area contributed by atoms with Crippen LogP contribution in [0.4, 0.5) is 5.69 Å². The van der Waals surface area contributed by atoms with Gasteiger partial charge in [-0.3, -0.25) is 9.59 Å². The number of hydrogen-bond donors (Lipinski definition) is 1. The summed E-state index contributed by atoms with van der Waals surface area (Å²) in [5.74, 6) is 0.465. The summed E-state index contributed by atoms with van der Waals surface area (Å²) < 4.78 is 5.73. The van der Waals surface area contributed by atoms with Gasteiger partial charge >= 0.3 is 0 Å². The summed E-state index contributed by atoms with van der Waals surface area (Å²) >= 11 is 0. The van der Waals surface area contributed by atoms with Crippen LogP contribution in [-0.4, -0.2) is 17.8 Å². The van der Waals surface area contributed by atoms with Gasteiger partial charge in [-0.25, -0.2) is 0 Å². The van der Waals surface area contributed by atoms with Crippen molar-refractivity contribution >= 4 is 17.4 Å². The lowest BCUT2D eigenvalue weighted by Crippen LogP contribution is -2.13. The van der Waals surface area contributed by atoms with Crippen molar-refractivity contribution in [2.75, 3.05) is 5.32 Å². The molecule has 1 N–H and O–H groups in total. The van der Waals surface area contributed by atoms with E-state index in [0.717, 1.165) is 6.42 Å². The Morgan fingerprint density at radius 1 is 1.09 bits per heavy atom. The van der Waals surface area contributed by atoms with E-state index in [4.69, 9.17) is 4.74 Å². The Kier molecular flexibility index (Phi) is 5.52. The number of anilines is 1. The summed E-state index contributed by atoms with van der Waals surface area (Å²) in [5.41, 5.74) is 1.79. The van der Waals surface area contributed by atoms with Gasteiger partial charge in [0.25, 0.3) is 5.91 Å². The van der Waals surface area contributed by atoms with Gasteiger partial charge in [0, 0.05) is 16.8 Å². The maximum atomic E-state index is 12.3. The van der Waals surface area contributed by atoms with Crippen molar-refractivity contribution in [2.24, 2.45) is 0 Å². The fourth-order valence-corrected chi connectivity index (χ4v) is 2.02. The van der Waals surface area contributed by atoms with E-state index in [1.54, 1.807) is 42.5 Å². The number of carbonyl (C=O) groups is 2. The molecule has 1 atom stereocenters. The summed E-state index contributed by atoms with van der Waals surface area (Å²) in [4.78, 5) is 23.6. The third kappa shape index (κ3) is 4.68. The summed E-state index contributed by atoms with van der Waals surface area (Å²) in [7, 11) is 0. The standard InChI is InChI=1S/C19H21NO3/c1-4-13(2)23-18-7-5-6-16(12-18)19(22)20-17-10-8-15(9-11-17)14(3)21/h5-13H,4H2,1-3H3,(H,20,22). The molecule has 0 spiro atoms. The lowest BCUT2D eigenvalue weighted by atomic mass is 10.1. The van der Waals surface area contributed by atoms with Crippen molar-refractivity contribution in [3.8, 4) is 5.75 Å². The first-order chi connectivity index (χ1) is 11.0. The van der Waals surface area contributed by atoms with Gasteiger partial charge in [0.05, 0.1) is 6.10 Å². The summed E-state index contributed by atoms with van der Waals surface area (Å²) in [6.45, 7) is 5.55. The van der Waals surface area contributed by atoms with Gasteiger partial charge in [-0.05, 0) is 62.7 Å². The maximum absolute atomic E-state index is 12.3. The molecule has 0 saturated carbocycles. The topological polar surface area (TPSA) is 55.4 Å². The maximum Gasteiger partial charge on any atom is 0.255 e. The van der Waals surface area contributed by atoms with Gasteiger partial charge in [0.15, 0.2) is 5.78 Å². The van der Waals surface area contributed by atoms with Crippen molar-refractivity contribution in [1.82, 2.24) is 0 Å². The highest BCUT2D eigenvalue weighted by atomic mass is 16.5. The second-order valence-electron chi connectivity index (χ2n) is 5.45. The molecule has 4 heteroatoms. The molecule has 4 nitrogen and oxygen atoms in total. The molecule has 0 fully saturated rings. The summed E-state index contributed by atoms with van der Waals surface area (Å²) in [6, 6.07) is 13.9. The number of benzene rings is 2.